The SMILES string of the molecule is C/C=C/Oc1ccc([S+](c2ccccc2)c2ccccc2)cc1.C=CCOc1ccc([S+](c2ccccc2)c2ccccc2)cc1.CC(=O)Oc1ccc([S+](c2ccccc2)c2ccccc2)cc1.CC(C)C(=O)Oc1ccc([S+](c2ccccc2)c2ccccc2)cc1.CCC(=O)Oc1ccc([S+](c2ccccc2)c2ccccc2)cc1. The van der Waals surface area contributed by atoms with Crippen molar-refractivity contribution < 1.29 is 38.1 Å². The third-order valence-electron chi connectivity index (χ3n) is 17.3. The summed E-state index contributed by atoms with van der Waals surface area (Å²) in [7, 11) is -0.745. The number of hydrogen-bond acceptors (Lipinski definition) is 8. The fraction of sp³-hybridized carbons (Fsp3) is 0.0762. The largest absolute Gasteiger partial charge is 0.490 e. The molecule has 15 aromatic carbocycles. The third kappa shape index (κ3) is 26.3. The van der Waals surface area contributed by atoms with E-state index in [4.69, 9.17) is 23.7 Å². The van der Waals surface area contributed by atoms with Crippen LogP contribution < -0.4 is 23.7 Å². The van der Waals surface area contributed by atoms with Crippen molar-refractivity contribution in [2.24, 2.45) is 5.92 Å². The number of esters is 3. The standard InChI is InChI=1S/C22H21O2S.C21H19O2S.2C21H19OS.C20H17O2S/c1-17(2)22(23)24-18-13-15-21(16-14-18)25(19-9-5-3-6-10-19)20-11-7-4-8-12-20;1-2-21(22)23-17-13-15-20(16-14-17)24(18-9-5-3-6-10-18)19-11-7-4-8-12-19;2*1-2-17-22-18-13-15-21(16-14-18)23(19-9-5-3-6-10-19)20-11-7-4-8-12-20;1-16(21)22-17-12-14-20(15-13-17)23(18-8-4-2-5-9-18)19-10-6-3-7-11-19/h3-17H,1-2H3;3-16H,2H2,1H3;2-17H,1H3;2-16H,1,17H2;2-15H,1H3/q5*+1/b;;17-2+;;. The molecule has 0 heterocycles. The molecule has 0 aliphatic heterocycles. The molecule has 15 aromatic rings. The molecule has 15 rings (SSSR count). The van der Waals surface area contributed by atoms with Crippen molar-refractivity contribution in [1.82, 2.24) is 0 Å². The quantitative estimate of drug-likeness (QED) is 0.0184. The van der Waals surface area contributed by atoms with Gasteiger partial charge in [-0.25, -0.2) is 0 Å². The Morgan fingerprint density at radius 3 is 0.695 bits per heavy atom. The first kappa shape index (κ1) is 86.4. The van der Waals surface area contributed by atoms with Crippen LogP contribution in [0.25, 0.3) is 0 Å². The maximum atomic E-state index is 11.8. The Bertz CT molecular complexity index is 5260. The number of carbonyl (C=O) groups is 3. The Labute approximate surface area is 710 Å². The molecule has 118 heavy (non-hydrogen) atoms. The molecule has 13 heteroatoms. The van der Waals surface area contributed by atoms with Gasteiger partial charge in [-0.05, 0) is 250 Å². The minimum absolute atomic E-state index is 0.102. The van der Waals surface area contributed by atoms with Gasteiger partial charge in [-0.3, -0.25) is 14.4 Å². The van der Waals surface area contributed by atoms with Crippen LogP contribution >= 0.6 is 0 Å². The monoisotopic (exact) mass is 1640 g/mol. The van der Waals surface area contributed by atoms with Crippen LogP contribution in [0.1, 0.15) is 41.0 Å². The van der Waals surface area contributed by atoms with E-state index in [1.54, 1.807) is 19.3 Å². The minimum atomic E-state index is -0.303. The average Bonchev–Trinajstić information content (AvgIpc) is 0.838. The average molecular weight is 1650 g/mol. The van der Waals surface area contributed by atoms with Crippen molar-refractivity contribution in [3.05, 3.63) is 450 Å². The van der Waals surface area contributed by atoms with Gasteiger partial charge >= 0.3 is 17.9 Å². The highest BCUT2D eigenvalue weighted by Crippen LogP contribution is 2.38. The fourth-order valence-corrected chi connectivity index (χ4v) is 22.2. The molecular formula is C105H95O8S5+5. The van der Waals surface area contributed by atoms with Gasteiger partial charge < -0.3 is 23.7 Å². The third-order valence-corrected chi connectivity index (χ3v) is 28.4. The summed E-state index contributed by atoms with van der Waals surface area (Å²) in [6, 6.07) is 146. The van der Waals surface area contributed by atoms with Crippen molar-refractivity contribution in [2.45, 2.75) is 114 Å². The van der Waals surface area contributed by atoms with Gasteiger partial charge in [-0.2, -0.15) is 0 Å². The van der Waals surface area contributed by atoms with E-state index < -0.39 is 0 Å². The molecule has 588 valence electrons. The highest BCUT2D eigenvalue weighted by molar-refractivity contribution is 7.98. The second-order valence-electron chi connectivity index (χ2n) is 26.2. The molecule has 0 spiro atoms. The van der Waals surface area contributed by atoms with Crippen LogP contribution in [0.3, 0.4) is 0 Å². The molecule has 0 aromatic heterocycles. The summed E-state index contributed by atoms with van der Waals surface area (Å²) in [6.07, 6.45) is 5.71. The maximum absolute atomic E-state index is 11.8. The minimum Gasteiger partial charge on any atom is -0.490 e. The first-order valence-corrected chi connectivity index (χ1v) is 44.9. The van der Waals surface area contributed by atoms with Crippen LogP contribution in [0.15, 0.2) is 523 Å². The number of carbonyl (C=O) groups excluding carboxylic acids is 3. The number of allylic oxidation sites excluding steroid dienone is 1. The Morgan fingerprint density at radius 1 is 0.288 bits per heavy atom. The van der Waals surface area contributed by atoms with Crippen LogP contribution in [-0.2, 0) is 68.9 Å². The van der Waals surface area contributed by atoms with E-state index in [1.807, 2.05) is 160 Å². The van der Waals surface area contributed by atoms with E-state index >= 15 is 0 Å². The lowest BCUT2D eigenvalue weighted by Crippen LogP contribution is -2.14. The molecule has 0 saturated heterocycles. The van der Waals surface area contributed by atoms with Crippen molar-refractivity contribution in [3.8, 4) is 28.7 Å². The van der Waals surface area contributed by atoms with Crippen molar-refractivity contribution in [1.29, 1.82) is 0 Å². The molecule has 0 saturated carbocycles. The zero-order valence-corrected chi connectivity index (χ0v) is 70.7. The molecule has 0 fully saturated rings. The lowest BCUT2D eigenvalue weighted by molar-refractivity contribution is -0.138. The zero-order valence-electron chi connectivity index (χ0n) is 66.7. The molecule has 0 atom stereocenters. The first-order chi connectivity index (χ1) is 57.9. The first-order valence-electron chi connectivity index (χ1n) is 38.8. The number of benzene rings is 15. The Kier molecular flexibility index (Phi) is 34.4. The molecule has 0 bridgehead atoms. The van der Waals surface area contributed by atoms with Gasteiger partial charge in [-0.15, -0.1) is 0 Å². The van der Waals surface area contributed by atoms with Gasteiger partial charge in [-0.1, -0.05) is 221 Å². The van der Waals surface area contributed by atoms with Gasteiger partial charge in [0.1, 0.15) is 35.4 Å². The van der Waals surface area contributed by atoms with Crippen molar-refractivity contribution in [2.75, 3.05) is 6.61 Å². The zero-order chi connectivity index (χ0) is 82.3. The maximum Gasteiger partial charge on any atom is 0.313 e. The van der Waals surface area contributed by atoms with Gasteiger partial charge in [0, 0.05) is 13.3 Å². The molecule has 0 radical (unpaired) electrons. The number of ether oxygens (including phenoxy) is 5. The topological polar surface area (TPSA) is 97.4 Å². The van der Waals surface area contributed by atoms with Crippen molar-refractivity contribution >= 4 is 72.4 Å². The van der Waals surface area contributed by atoms with Crippen LogP contribution in [-0.4, -0.2) is 24.5 Å². The van der Waals surface area contributed by atoms with E-state index in [1.165, 1.54) is 80.4 Å². The van der Waals surface area contributed by atoms with E-state index in [9.17, 15) is 14.4 Å². The summed E-state index contributed by atoms with van der Waals surface area (Å²) in [6.45, 7) is 13.0. The van der Waals surface area contributed by atoms with Crippen LogP contribution in [0.2, 0.25) is 0 Å². The second-order valence-corrected chi connectivity index (χ2v) is 36.3. The number of rotatable bonds is 25. The summed E-state index contributed by atoms with van der Waals surface area (Å²) >= 11 is 0. The fourth-order valence-electron chi connectivity index (χ4n) is 11.8. The Hall–Kier alpha value is -12.5. The van der Waals surface area contributed by atoms with Gasteiger partial charge in [0.05, 0.1) is 66.7 Å². The molecular weight excluding hydrogens is 1550 g/mol. The van der Waals surface area contributed by atoms with Gasteiger partial charge in [0.2, 0.25) is 0 Å². The molecule has 8 nitrogen and oxygen atoms in total. The summed E-state index contributed by atoms with van der Waals surface area (Å²) in [5, 5.41) is 0. The van der Waals surface area contributed by atoms with Crippen molar-refractivity contribution in [3.63, 3.8) is 0 Å². The van der Waals surface area contributed by atoms with E-state index in [2.05, 4.69) is 298 Å². The van der Waals surface area contributed by atoms with Crippen LogP contribution in [0, 0.1) is 5.92 Å². The number of hydrogen-bond donors (Lipinski definition) is 0. The molecule has 0 amide bonds. The van der Waals surface area contributed by atoms with E-state index in [-0.39, 0.29) is 78.3 Å². The van der Waals surface area contributed by atoms with Gasteiger partial charge in [0.15, 0.2) is 73.4 Å². The highest BCUT2D eigenvalue weighted by atomic mass is 32.2. The molecule has 0 aliphatic carbocycles. The smallest absolute Gasteiger partial charge is 0.313 e. The van der Waals surface area contributed by atoms with E-state index in [0.29, 0.717) is 30.3 Å². The van der Waals surface area contributed by atoms with E-state index in [0.717, 1.165) is 11.5 Å². The second kappa shape index (κ2) is 46.9. The van der Waals surface area contributed by atoms with Crippen LogP contribution in [0.5, 0.6) is 28.7 Å². The molecule has 0 aliphatic rings. The summed E-state index contributed by atoms with van der Waals surface area (Å²) in [4.78, 5) is 53.3. The van der Waals surface area contributed by atoms with Gasteiger partial charge in [0.25, 0.3) is 0 Å². The normalized spacial score (nSPS) is 10.7. The lowest BCUT2D eigenvalue weighted by atomic mass is 10.2. The van der Waals surface area contributed by atoms with Crippen LogP contribution in [0.4, 0.5) is 0 Å². The molecule has 0 unspecified atom stereocenters. The summed E-state index contributed by atoms with van der Waals surface area (Å²) in [5.41, 5.74) is 0. The predicted octanol–water partition coefficient (Wildman–Crippen LogP) is 26.2. The predicted molar refractivity (Wildman–Crippen MR) is 486 cm³/mol. The Morgan fingerprint density at radius 2 is 0.492 bits per heavy atom. The molecule has 0 N–H and O–H groups in total. The summed E-state index contributed by atoms with van der Waals surface area (Å²) < 4.78 is 26.9. The Balaban J connectivity index is 0.000000145. The highest BCUT2D eigenvalue weighted by Gasteiger charge is 2.33. The lowest BCUT2D eigenvalue weighted by Gasteiger charge is -2.09. The summed E-state index contributed by atoms with van der Waals surface area (Å²) in [5.74, 6) is 2.62.